The minimum absolute atomic E-state index is 0.000580. The molecule has 0 saturated carbocycles. The number of rotatable bonds is 3. The minimum Gasteiger partial charge on any atom is -0.391 e. The average Bonchev–Trinajstić information content (AvgIpc) is 2.74. The summed E-state index contributed by atoms with van der Waals surface area (Å²) in [5.41, 5.74) is 0. The van der Waals surface area contributed by atoms with Gasteiger partial charge in [-0.15, -0.1) is 11.3 Å². The van der Waals surface area contributed by atoms with Gasteiger partial charge in [0.1, 0.15) is 0 Å². The zero-order valence-electron chi connectivity index (χ0n) is 11.3. The fourth-order valence-electron chi connectivity index (χ4n) is 2.23. The van der Waals surface area contributed by atoms with E-state index in [1.54, 1.807) is 17.3 Å². The first kappa shape index (κ1) is 15.3. The molecule has 2 atom stereocenters. The summed E-state index contributed by atoms with van der Waals surface area (Å²) in [6, 6.07) is 1.61. The van der Waals surface area contributed by atoms with Gasteiger partial charge in [-0.05, 0) is 19.9 Å². The molecular weight excluding hydrogens is 302 g/mol. The van der Waals surface area contributed by atoms with E-state index in [4.69, 9.17) is 5.11 Å². The largest absolute Gasteiger partial charge is 0.391 e. The summed E-state index contributed by atoms with van der Waals surface area (Å²) in [4.78, 5) is 1.80. The van der Waals surface area contributed by atoms with Gasteiger partial charge in [0.05, 0.1) is 11.5 Å². The lowest BCUT2D eigenvalue weighted by molar-refractivity contribution is 0.285. The second-order valence-corrected chi connectivity index (χ2v) is 9.41. The third-order valence-electron chi connectivity index (χ3n) is 3.49. The Hall–Kier alpha value is -0.0800. The summed E-state index contributed by atoms with van der Waals surface area (Å²) in [6.45, 7) is 6.27. The predicted molar refractivity (Wildman–Crippen MR) is 80.3 cm³/mol. The molecule has 2 unspecified atom stereocenters. The number of thiophene rings is 1. The number of sulfonamides is 1. The normalized spacial score (nSPS) is 25.7. The van der Waals surface area contributed by atoms with E-state index in [0.29, 0.717) is 21.6 Å². The van der Waals surface area contributed by atoms with Gasteiger partial charge < -0.3 is 5.11 Å². The van der Waals surface area contributed by atoms with Crippen LogP contribution in [0, 0.1) is 6.92 Å². The predicted octanol–water partition coefficient (Wildman–Crippen LogP) is 2.06. The Morgan fingerprint density at radius 2 is 2.16 bits per heavy atom. The average molecular weight is 321 g/mol. The van der Waals surface area contributed by atoms with E-state index in [0.717, 1.165) is 10.6 Å². The van der Waals surface area contributed by atoms with E-state index in [1.807, 2.05) is 18.7 Å². The SMILES string of the molecule is Cc1sc(CO)cc1S(=O)(=O)N1CCSC(C)C1C. The molecule has 0 radical (unpaired) electrons. The van der Waals surface area contributed by atoms with Crippen molar-refractivity contribution in [1.29, 1.82) is 0 Å². The highest BCUT2D eigenvalue weighted by molar-refractivity contribution is 8.00. The van der Waals surface area contributed by atoms with E-state index in [1.165, 1.54) is 11.3 Å². The number of aliphatic hydroxyl groups excluding tert-OH is 1. The lowest BCUT2D eigenvalue weighted by Crippen LogP contribution is -2.47. The van der Waals surface area contributed by atoms with Gasteiger partial charge in [-0.3, -0.25) is 0 Å². The molecule has 0 bridgehead atoms. The molecule has 0 aliphatic carbocycles. The van der Waals surface area contributed by atoms with Crippen molar-refractivity contribution in [2.24, 2.45) is 0 Å². The number of nitrogens with zero attached hydrogens (tertiary/aromatic N) is 1. The Labute approximate surface area is 122 Å². The molecule has 1 aromatic rings. The topological polar surface area (TPSA) is 57.6 Å². The van der Waals surface area contributed by atoms with Crippen LogP contribution in [0.2, 0.25) is 0 Å². The quantitative estimate of drug-likeness (QED) is 0.926. The molecule has 1 aliphatic rings. The maximum Gasteiger partial charge on any atom is 0.244 e. The highest BCUT2D eigenvalue weighted by Crippen LogP contribution is 2.33. The minimum atomic E-state index is -3.44. The molecule has 1 aromatic heterocycles. The van der Waals surface area contributed by atoms with Crippen LogP contribution in [0.1, 0.15) is 23.6 Å². The lowest BCUT2D eigenvalue weighted by atomic mass is 10.2. The van der Waals surface area contributed by atoms with Crippen molar-refractivity contribution in [2.75, 3.05) is 12.3 Å². The van der Waals surface area contributed by atoms with Crippen molar-refractivity contribution in [3.05, 3.63) is 15.8 Å². The van der Waals surface area contributed by atoms with E-state index in [9.17, 15) is 8.42 Å². The summed E-state index contributed by atoms with van der Waals surface area (Å²) in [6.07, 6.45) is 0. The number of hydrogen-bond donors (Lipinski definition) is 1. The summed E-state index contributed by atoms with van der Waals surface area (Å²) in [5, 5.41) is 9.45. The maximum absolute atomic E-state index is 12.7. The van der Waals surface area contributed by atoms with Crippen molar-refractivity contribution in [2.45, 2.75) is 43.6 Å². The fraction of sp³-hybridized carbons (Fsp3) is 0.667. The molecule has 1 saturated heterocycles. The van der Waals surface area contributed by atoms with Crippen LogP contribution in [0.4, 0.5) is 0 Å². The third kappa shape index (κ3) is 2.85. The van der Waals surface area contributed by atoms with Gasteiger partial charge >= 0.3 is 0 Å². The molecule has 2 heterocycles. The zero-order valence-corrected chi connectivity index (χ0v) is 13.7. The van der Waals surface area contributed by atoms with Crippen molar-refractivity contribution < 1.29 is 13.5 Å². The van der Waals surface area contributed by atoms with Gasteiger partial charge in [-0.25, -0.2) is 8.42 Å². The first-order valence-corrected chi connectivity index (χ1v) is 9.52. The van der Waals surface area contributed by atoms with E-state index < -0.39 is 10.0 Å². The first-order valence-electron chi connectivity index (χ1n) is 6.21. The van der Waals surface area contributed by atoms with Crippen LogP contribution < -0.4 is 0 Å². The highest BCUT2D eigenvalue weighted by atomic mass is 32.2. The molecule has 1 aliphatic heterocycles. The summed E-state index contributed by atoms with van der Waals surface area (Å²) in [5.74, 6) is 0.834. The van der Waals surface area contributed by atoms with Crippen LogP contribution >= 0.6 is 23.1 Å². The van der Waals surface area contributed by atoms with Gasteiger partial charge in [0.15, 0.2) is 0 Å². The van der Waals surface area contributed by atoms with Crippen LogP contribution in [-0.2, 0) is 16.6 Å². The van der Waals surface area contributed by atoms with Crippen LogP contribution in [0.5, 0.6) is 0 Å². The molecule has 0 amide bonds. The van der Waals surface area contributed by atoms with Gasteiger partial charge in [0, 0.05) is 33.3 Å². The van der Waals surface area contributed by atoms with Crippen LogP contribution in [0.3, 0.4) is 0 Å². The molecule has 0 spiro atoms. The molecule has 1 N–H and O–H groups in total. The van der Waals surface area contributed by atoms with E-state index in [-0.39, 0.29) is 12.6 Å². The Balaban J connectivity index is 2.38. The Bertz CT molecular complexity index is 553. The molecule has 0 aromatic carbocycles. The van der Waals surface area contributed by atoms with Gasteiger partial charge in [-0.2, -0.15) is 16.1 Å². The molecule has 19 heavy (non-hydrogen) atoms. The van der Waals surface area contributed by atoms with E-state index in [2.05, 4.69) is 6.92 Å². The lowest BCUT2D eigenvalue weighted by Gasteiger charge is -2.36. The Morgan fingerprint density at radius 3 is 2.74 bits per heavy atom. The monoisotopic (exact) mass is 321 g/mol. The smallest absolute Gasteiger partial charge is 0.244 e. The van der Waals surface area contributed by atoms with Crippen LogP contribution in [-0.4, -0.2) is 41.4 Å². The first-order chi connectivity index (χ1) is 8.87. The molecule has 4 nitrogen and oxygen atoms in total. The number of aliphatic hydroxyl groups is 1. The van der Waals surface area contributed by atoms with Crippen molar-refractivity contribution in [3.63, 3.8) is 0 Å². The van der Waals surface area contributed by atoms with Gasteiger partial charge in [0.25, 0.3) is 0 Å². The van der Waals surface area contributed by atoms with Crippen molar-refractivity contribution >= 4 is 33.1 Å². The second kappa shape index (κ2) is 5.73. The molecule has 108 valence electrons. The van der Waals surface area contributed by atoms with Gasteiger partial charge in [0.2, 0.25) is 10.0 Å². The Kier molecular flexibility index (Phi) is 4.62. The summed E-state index contributed by atoms with van der Waals surface area (Å²) >= 11 is 3.16. The van der Waals surface area contributed by atoms with Crippen molar-refractivity contribution in [1.82, 2.24) is 4.31 Å². The molecule has 7 heteroatoms. The standard InChI is InChI=1S/C12H19NO3S3/c1-8-9(2)17-5-4-13(8)19(15,16)12-6-11(7-14)18-10(12)3/h6,8-9,14H,4-5,7H2,1-3H3. The Morgan fingerprint density at radius 1 is 1.47 bits per heavy atom. The maximum atomic E-state index is 12.7. The van der Waals surface area contributed by atoms with Crippen LogP contribution in [0.25, 0.3) is 0 Å². The molecule has 2 rings (SSSR count). The number of hydrogen-bond acceptors (Lipinski definition) is 5. The third-order valence-corrected chi connectivity index (χ3v) is 8.11. The molecular formula is C12H19NO3S3. The number of thioether (sulfide) groups is 1. The second-order valence-electron chi connectivity index (χ2n) is 4.72. The van der Waals surface area contributed by atoms with E-state index >= 15 is 0 Å². The summed E-state index contributed by atoms with van der Waals surface area (Å²) in [7, 11) is -3.44. The molecule has 1 fully saturated rings. The van der Waals surface area contributed by atoms with Gasteiger partial charge in [-0.1, -0.05) is 6.92 Å². The van der Waals surface area contributed by atoms with Crippen LogP contribution in [0.15, 0.2) is 11.0 Å². The van der Waals surface area contributed by atoms with Crippen molar-refractivity contribution in [3.8, 4) is 0 Å². The zero-order chi connectivity index (χ0) is 14.2. The fourth-order valence-corrected chi connectivity index (χ4v) is 6.69. The highest BCUT2D eigenvalue weighted by Gasteiger charge is 2.36. The summed E-state index contributed by atoms with van der Waals surface area (Å²) < 4.78 is 27.1. The number of aryl methyl sites for hydroxylation is 1.